The van der Waals surface area contributed by atoms with Crippen molar-refractivity contribution in [1.29, 1.82) is 0 Å². The van der Waals surface area contributed by atoms with Gasteiger partial charge < -0.3 is 14.6 Å². The van der Waals surface area contributed by atoms with Crippen molar-refractivity contribution < 1.29 is 31.0 Å². The summed E-state index contributed by atoms with van der Waals surface area (Å²) in [5, 5.41) is 13.7. The number of piperidine rings is 1. The summed E-state index contributed by atoms with van der Waals surface area (Å²) in [6.45, 7) is -5.35. The highest BCUT2D eigenvalue weighted by Gasteiger charge is 2.33. The molecule has 2 aromatic carbocycles. The molecule has 1 aliphatic rings. The lowest BCUT2D eigenvalue weighted by Gasteiger charge is -2.35. The minimum Gasteiger partial charge on any atom is -0.436 e. The van der Waals surface area contributed by atoms with E-state index in [1.165, 1.54) is 35.3 Å². The molecule has 1 atom stereocenters. The number of alkyl halides is 2. The summed E-state index contributed by atoms with van der Waals surface area (Å²) in [7, 11) is 0. The molecule has 1 fully saturated rings. The van der Waals surface area contributed by atoms with Gasteiger partial charge in [0.2, 0.25) is 17.6 Å². The van der Waals surface area contributed by atoms with Gasteiger partial charge in [-0.25, -0.2) is 13.8 Å². The summed E-state index contributed by atoms with van der Waals surface area (Å²) in [4.78, 5) is 37.8. The molecule has 226 valence electrons. The summed E-state index contributed by atoms with van der Waals surface area (Å²) in [6.07, 6.45) is -0.321. The van der Waals surface area contributed by atoms with Crippen LogP contribution in [0.15, 0.2) is 71.3 Å². The van der Waals surface area contributed by atoms with Gasteiger partial charge in [0.25, 0.3) is 5.91 Å². The molecule has 0 aliphatic carbocycles. The number of nitrogens with zero attached hydrogens (tertiary/aromatic N) is 7. The predicted molar refractivity (Wildman–Crippen MR) is 157 cm³/mol. The van der Waals surface area contributed by atoms with Crippen LogP contribution in [0.25, 0.3) is 22.6 Å². The zero-order valence-corrected chi connectivity index (χ0v) is 23.1. The maximum Gasteiger partial charge on any atom is 0.301 e. The van der Waals surface area contributed by atoms with E-state index in [0.29, 0.717) is 42.6 Å². The summed E-state index contributed by atoms with van der Waals surface area (Å²) < 4.78 is 77.4. The van der Waals surface area contributed by atoms with Gasteiger partial charge in [-0.2, -0.15) is 4.80 Å². The largest absolute Gasteiger partial charge is 0.436 e. The molecule has 44 heavy (non-hydrogen) atoms. The number of amides is 2. The maximum atomic E-state index is 13.6. The van der Waals surface area contributed by atoms with Gasteiger partial charge in [-0.1, -0.05) is 44.0 Å². The second kappa shape index (κ2) is 12.3. The van der Waals surface area contributed by atoms with Crippen LogP contribution in [0.2, 0.25) is 0 Å². The Bertz CT molecular complexity index is 1980. The molecular formula is C31H30F2N8O3. The Morgan fingerprint density at radius 1 is 1.07 bits per heavy atom. The second-order valence-corrected chi connectivity index (χ2v) is 10.3. The molecule has 0 spiro atoms. The molecule has 0 bridgehead atoms. The number of pyridine rings is 1. The van der Waals surface area contributed by atoms with Crippen molar-refractivity contribution in [1.82, 2.24) is 35.1 Å². The molecule has 11 nitrogen and oxygen atoms in total. The molecule has 0 unspecified atom stereocenters. The van der Waals surface area contributed by atoms with E-state index in [1.807, 2.05) is 30.3 Å². The third-order valence-corrected chi connectivity index (χ3v) is 7.45. The number of rotatable bonds is 8. The molecule has 0 saturated carbocycles. The highest BCUT2D eigenvalue weighted by Crippen LogP contribution is 2.34. The van der Waals surface area contributed by atoms with Crippen molar-refractivity contribution in [3.05, 3.63) is 83.9 Å². The van der Waals surface area contributed by atoms with Crippen LogP contribution in [0.4, 0.5) is 14.5 Å². The number of likely N-dealkylation sites (tertiary alicyclic amines) is 1. The van der Waals surface area contributed by atoms with Gasteiger partial charge in [0.1, 0.15) is 17.3 Å². The van der Waals surface area contributed by atoms with Crippen LogP contribution in [-0.4, -0.2) is 60.0 Å². The van der Waals surface area contributed by atoms with E-state index in [-0.39, 0.29) is 29.1 Å². The first-order valence-corrected chi connectivity index (χ1v) is 13.8. The zero-order valence-electron chi connectivity index (χ0n) is 29.1. The molecule has 2 amide bonds. The fourth-order valence-corrected chi connectivity index (χ4v) is 5.29. The first-order valence-electron chi connectivity index (χ1n) is 16.8. The Morgan fingerprint density at radius 2 is 1.86 bits per heavy atom. The Kier molecular flexibility index (Phi) is 6.27. The number of anilines is 1. The first-order chi connectivity index (χ1) is 23.7. The number of benzene rings is 2. The smallest absolute Gasteiger partial charge is 0.301 e. The lowest BCUT2D eigenvalue weighted by atomic mass is 9.85. The van der Waals surface area contributed by atoms with Gasteiger partial charge in [-0.05, 0) is 59.9 Å². The lowest BCUT2D eigenvalue weighted by molar-refractivity contribution is -0.118. The number of fused-ring (bicyclic) bond motifs is 1. The minimum absolute atomic E-state index is 0.0669. The van der Waals surface area contributed by atoms with Crippen LogP contribution < -0.4 is 5.32 Å². The van der Waals surface area contributed by atoms with E-state index in [9.17, 15) is 18.4 Å². The second-order valence-electron chi connectivity index (χ2n) is 10.3. The van der Waals surface area contributed by atoms with Crippen molar-refractivity contribution in [2.24, 2.45) is 11.8 Å². The number of carbonyl (C=O) groups is 2. The number of hydrogen-bond donors (Lipinski definition) is 1. The van der Waals surface area contributed by atoms with Gasteiger partial charge in [-0.15, -0.1) is 10.2 Å². The summed E-state index contributed by atoms with van der Waals surface area (Å²) in [6, 6.07) is 16.3. The monoisotopic (exact) mass is 606 g/mol. The molecule has 6 rings (SSSR count). The SMILES string of the molecule is [2H]C([2H])([2H])C(C(=O)Nc1ccc2oc(-c3ccnc(C(=O)N4CCC([C@@H](c5ccccc5)n5nnc(C(F)F)n5)CC4)c3)nc2c1)C([2H])([2H])[2H]. The van der Waals surface area contributed by atoms with E-state index in [2.05, 4.69) is 30.7 Å². The molecule has 4 heterocycles. The molecule has 1 aliphatic heterocycles. The molecular weight excluding hydrogens is 570 g/mol. The van der Waals surface area contributed by atoms with E-state index in [0.717, 1.165) is 5.56 Å². The average molecular weight is 607 g/mol. The number of nitrogens with one attached hydrogen (secondary N) is 1. The number of halogens is 2. The number of carbonyl (C=O) groups excluding carboxylic acids is 2. The average Bonchev–Trinajstić information content (AvgIpc) is 3.72. The molecule has 13 heteroatoms. The molecule has 3 aromatic heterocycles. The summed E-state index contributed by atoms with van der Waals surface area (Å²) in [5.41, 5.74) is 2.17. The third-order valence-electron chi connectivity index (χ3n) is 7.45. The minimum atomic E-state index is -3.05. The van der Waals surface area contributed by atoms with Crippen molar-refractivity contribution in [2.45, 2.75) is 39.0 Å². The van der Waals surface area contributed by atoms with E-state index in [4.69, 9.17) is 12.6 Å². The molecule has 0 radical (unpaired) electrons. The van der Waals surface area contributed by atoms with Crippen molar-refractivity contribution in [3.8, 4) is 11.5 Å². The fourth-order valence-electron chi connectivity index (χ4n) is 5.29. The highest BCUT2D eigenvalue weighted by molar-refractivity contribution is 5.95. The topological polar surface area (TPSA) is 132 Å². The summed E-state index contributed by atoms with van der Waals surface area (Å²) >= 11 is 0. The van der Waals surface area contributed by atoms with Crippen LogP contribution in [-0.2, 0) is 4.79 Å². The number of oxazole rings is 1. The molecule has 5 aromatic rings. The Hall–Kier alpha value is -5.07. The van der Waals surface area contributed by atoms with Gasteiger partial charge in [0, 0.05) is 44.7 Å². The molecule has 1 saturated heterocycles. The number of aromatic nitrogens is 6. The third kappa shape index (κ3) is 6.03. The van der Waals surface area contributed by atoms with E-state index < -0.39 is 43.8 Å². The van der Waals surface area contributed by atoms with Gasteiger partial charge >= 0.3 is 6.43 Å². The Labute approximate surface area is 259 Å². The predicted octanol–water partition coefficient (Wildman–Crippen LogP) is 5.55. The Balaban J connectivity index is 1.15. The van der Waals surface area contributed by atoms with Gasteiger partial charge in [-0.3, -0.25) is 14.6 Å². The van der Waals surface area contributed by atoms with Crippen LogP contribution in [0.5, 0.6) is 0 Å². The van der Waals surface area contributed by atoms with Crippen molar-refractivity contribution in [2.75, 3.05) is 18.4 Å². The van der Waals surface area contributed by atoms with Crippen LogP contribution >= 0.6 is 0 Å². The number of hydrogen-bond acceptors (Lipinski definition) is 8. The van der Waals surface area contributed by atoms with Crippen LogP contribution in [0, 0.1) is 11.8 Å². The first kappa shape index (κ1) is 22.5. The van der Waals surface area contributed by atoms with Gasteiger partial charge in [0.05, 0.1) is 0 Å². The van der Waals surface area contributed by atoms with E-state index >= 15 is 0 Å². The Morgan fingerprint density at radius 3 is 2.59 bits per heavy atom. The fraction of sp³-hybridized carbons (Fsp3) is 0.323. The summed E-state index contributed by atoms with van der Waals surface area (Å²) in [5.74, 6) is -4.29. The van der Waals surface area contributed by atoms with Crippen LogP contribution in [0.3, 0.4) is 0 Å². The lowest BCUT2D eigenvalue weighted by Crippen LogP contribution is -2.41. The zero-order chi connectivity index (χ0) is 35.8. The number of tetrazole rings is 1. The maximum absolute atomic E-state index is 13.6. The standard InChI is InChI=1S/C31H30F2N8O3/c1-18(2)29(42)35-22-8-9-25-23(17-22)36-30(44-25)21-10-13-34-24(16-21)31(43)40-14-11-20(12-15-40)26(19-6-4-3-5-7-19)41-38-28(27(32)33)37-39-41/h3-10,13,16-18,20,26-27H,11-12,14-15H2,1-2H3,(H,35,42)/t26-/m1/s1/i1D3,2D3. The van der Waals surface area contributed by atoms with E-state index in [1.54, 1.807) is 11.0 Å². The highest BCUT2D eigenvalue weighted by atomic mass is 19.3. The van der Waals surface area contributed by atoms with Crippen molar-refractivity contribution in [3.63, 3.8) is 0 Å². The quantitative estimate of drug-likeness (QED) is 0.243. The van der Waals surface area contributed by atoms with Crippen molar-refractivity contribution >= 4 is 28.6 Å². The molecule has 1 N–H and O–H groups in total. The van der Waals surface area contributed by atoms with Gasteiger partial charge in [0.15, 0.2) is 5.58 Å². The normalized spacial score (nSPS) is 17.4. The van der Waals surface area contributed by atoms with Crippen LogP contribution in [0.1, 0.15) is 69.1 Å².